The molecule has 6 nitrogen and oxygen atoms in total. The van der Waals surface area contributed by atoms with Gasteiger partial charge in [0.1, 0.15) is 0 Å². The number of pyridine rings is 1. The molecule has 0 spiro atoms. The van der Waals surface area contributed by atoms with Crippen LogP contribution in [-0.2, 0) is 15.7 Å². The zero-order chi connectivity index (χ0) is 18.6. The van der Waals surface area contributed by atoms with Crippen LogP contribution in [0.5, 0.6) is 0 Å². The second kappa shape index (κ2) is 7.20. The molecule has 1 heterocycles. The van der Waals surface area contributed by atoms with Gasteiger partial charge in [-0.15, -0.1) is 0 Å². The average Bonchev–Trinajstić information content (AvgIpc) is 2.54. The minimum atomic E-state index is -4.55. The molecule has 0 unspecified atom stereocenters. The number of hydrogen-bond donors (Lipinski definition) is 1. The SMILES string of the molecule is C[C@@H](OC(=O)c1cccc[n+]1[O-])C(=O)Nc1cccc(C(F)(F)F)c1. The third kappa shape index (κ3) is 4.69. The van der Waals surface area contributed by atoms with Crippen molar-refractivity contribution in [1.29, 1.82) is 0 Å². The lowest BCUT2D eigenvalue weighted by molar-refractivity contribution is -0.608. The van der Waals surface area contributed by atoms with Gasteiger partial charge in [0.15, 0.2) is 12.3 Å². The Morgan fingerprint density at radius 2 is 1.92 bits per heavy atom. The van der Waals surface area contributed by atoms with Crippen molar-refractivity contribution in [3.8, 4) is 0 Å². The monoisotopic (exact) mass is 354 g/mol. The third-order valence-electron chi connectivity index (χ3n) is 3.14. The molecule has 2 rings (SSSR count). The van der Waals surface area contributed by atoms with Gasteiger partial charge in [0, 0.05) is 17.8 Å². The molecule has 9 heteroatoms. The van der Waals surface area contributed by atoms with Gasteiger partial charge in [-0.2, -0.15) is 17.9 Å². The summed E-state index contributed by atoms with van der Waals surface area (Å²) in [4.78, 5) is 23.8. The number of nitrogens with zero attached hydrogens (tertiary/aromatic N) is 1. The molecule has 1 N–H and O–H groups in total. The van der Waals surface area contributed by atoms with Crippen molar-refractivity contribution in [3.05, 3.63) is 65.1 Å². The molecule has 0 radical (unpaired) electrons. The van der Waals surface area contributed by atoms with Gasteiger partial charge in [0.05, 0.1) is 5.56 Å². The highest BCUT2D eigenvalue weighted by Gasteiger charge is 2.31. The zero-order valence-electron chi connectivity index (χ0n) is 12.9. The van der Waals surface area contributed by atoms with Crippen molar-refractivity contribution in [2.45, 2.75) is 19.2 Å². The molecule has 0 fully saturated rings. The number of benzene rings is 1. The molecule has 1 atom stereocenters. The summed E-state index contributed by atoms with van der Waals surface area (Å²) in [6, 6.07) is 8.10. The number of hydrogen-bond acceptors (Lipinski definition) is 4. The van der Waals surface area contributed by atoms with Crippen molar-refractivity contribution >= 4 is 17.6 Å². The van der Waals surface area contributed by atoms with Gasteiger partial charge >= 0.3 is 17.8 Å². The topological polar surface area (TPSA) is 82.3 Å². The van der Waals surface area contributed by atoms with E-state index in [1.165, 1.54) is 31.2 Å². The van der Waals surface area contributed by atoms with Crippen LogP contribution < -0.4 is 10.0 Å². The molecule has 0 aliphatic heterocycles. The number of aromatic nitrogens is 1. The summed E-state index contributed by atoms with van der Waals surface area (Å²) in [5.41, 5.74) is -1.34. The first-order valence-electron chi connectivity index (χ1n) is 7.06. The van der Waals surface area contributed by atoms with Crippen LogP contribution in [0, 0.1) is 5.21 Å². The van der Waals surface area contributed by atoms with E-state index in [1.807, 2.05) is 0 Å². The molecular weight excluding hydrogens is 341 g/mol. The second-order valence-corrected chi connectivity index (χ2v) is 5.03. The fraction of sp³-hybridized carbons (Fsp3) is 0.188. The minimum Gasteiger partial charge on any atom is -0.618 e. The predicted octanol–water partition coefficient (Wildman–Crippen LogP) is 2.52. The van der Waals surface area contributed by atoms with Gasteiger partial charge in [0.2, 0.25) is 0 Å². The van der Waals surface area contributed by atoms with Gasteiger partial charge < -0.3 is 15.3 Å². The van der Waals surface area contributed by atoms with E-state index in [2.05, 4.69) is 5.32 Å². The van der Waals surface area contributed by atoms with E-state index in [0.717, 1.165) is 24.4 Å². The van der Waals surface area contributed by atoms with E-state index in [0.29, 0.717) is 0 Å². The van der Waals surface area contributed by atoms with E-state index >= 15 is 0 Å². The maximum atomic E-state index is 12.6. The summed E-state index contributed by atoms with van der Waals surface area (Å²) in [5, 5.41) is 13.7. The van der Waals surface area contributed by atoms with Crippen molar-refractivity contribution in [1.82, 2.24) is 0 Å². The maximum absolute atomic E-state index is 12.6. The second-order valence-electron chi connectivity index (χ2n) is 5.03. The molecule has 1 aromatic heterocycles. The van der Waals surface area contributed by atoms with Gasteiger partial charge in [-0.1, -0.05) is 6.07 Å². The summed E-state index contributed by atoms with van der Waals surface area (Å²) in [7, 11) is 0. The summed E-state index contributed by atoms with van der Waals surface area (Å²) in [6.07, 6.45) is -4.78. The Morgan fingerprint density at radius 3 is 2.56 bits per heavy atom. The smallest absolute Gasteiger partial charge is 0.416 e. The number of carbonyl (C=O) groups excluding carboxylic acids is 2. The fourth-order valence-corrected chi connectivity index (χ4v) is 1.88. The highest BCUT2D eigenvalue weighted by molar-refractivity contribution is 5.96. The first-order valence-corrected chi connectivity index (χ1v) is 7.06. The van der Waals surface area contributed by atoms with Crippen LogP contribution >= 0.6 is 0 Å². The number of carbonyl (C=O) groups is 2. The molecule has 132 valence electrons. The number of rotatable bonds is 4. The Hall–Kier alpha value is -3.10. The van der Waals surface area contributed by atoms with E-state index in [-0.39, 0.29) is 16.1 Å². The predicted molar refractivity (Wildman–Crippen MR) is 80.4 cm³/mol. The van der Waals surface area contributed by atoms with Crippen molar-refractivity contribution in [3.63, 3.8) is 0 Å². The third-order valence-corrected chi connectivity index (χ3v) is 3.14. The van der Waals surface area contributed by atoms with Crippen LogP contribution in [-0.4, -0.2) is 18.0 Å². The van der Waals surface area contributed by atoms with Crippen LogP contribution in [0.1, 0.15) is 23.0 Å². The van der Waals surface area contributed by atoms with Gasteiger partial charge in [-0.25, -0.2) is 4.79 Å². The standard InChI is InChI=1S/C16H13F3N2O4/c1-10(25-15(23)13-7-2-3-8-21(13)24)14(22)20-12-6-4-5-11(9-12)16(17,18)19/h2-10H,1H3,(H,20,22)/t10-/m1/s1. The Morgan fingerprint density at radius 1 is 1.20 bits per heavy atom. The summed E-state index contributed by atoms with van der Waals surface area (Å²) < 4.78 is 43.1. The number of ether oxygens (including phenoxy) is 1. The van der Waals surface area contributed by atoms with Crippen LogP contribution in [0.2, 0.25) is 0 Å². The molecule has 0 aliphatic carbocycles. The Balaban J connectivity index is 2.04. The summed E-state index contributed by atoms with van der Waals surface area (Å²) >= 11 is 0. The van der Waals surface area contributed by atoms with E-state index in [1.54, 1.807) is 0 Å². The largest absolute Gasteiger partial charge is 0.618 e. The Kier molecular flexibility index (Phi) is 5.26. The number of esters is 1. The van der Waals surface area contributed by atoms with Crippen molar-refractivity contribution in [2.75, 3.05) is 5.32 Å². The summed E-state index contributed by atoms with van der Waals surface area (Å²) in [6.45, 7) is 1.24. The van der Waals surface area contributed by atoms with Gasteiger partial charge in [-0.05, 0) is 31.2 Å². The molecule has 1 amide bonds. The molecule has 25 heavy (non-hydrogen) atoms. The van der Waals surface area contributed by atoms with Gasteiger partial charge in [0.25, 0.3) is 5.91 Å². The number of alkyl halides is 3. The number of nitrogens with one attached hydrogen (secondary N) is 1. The average molecular weight is 354 g/mol. The van der Waals surface area contributed by atoms with E-state index in [4.69, 9.17) is 4.74 Å². The molecule has 0 saturated carbocycles. The van der Waals surface area contributed by atoms with Crippen molar-refractivity contribution in [2.24, 2.45) is 0 Å². The minimum absolute atomic E-state index is 0.0960. The van der Waals surface area contributed by atoms with E-state index < -0.39 is 29.7 Å². The van der Waals surface area contributed by atoms with Crippen LogP contribution in [0.3, 0.4) is 0 Å². The molecule has 0 bridgehead atoms. The van der Waals surface area contributed by atoms with Crippen LogP contribution in [0.15, 0.2) is 48.7 Å². The Labute approximate surface area is 140 Å². The summed E-state index contributed by atoms with van der Waals surface area (Å²) in [5.74, 6) is -1.86. The number of amides is 1. The molecule has 1 aromatic carbocycles. The maximum Gasteiger partial charge on any atom is 0.416 e. The highest BCUT2D eigenvalue weighted by Crippen LogP contribution is 2.30. The highest BCUT2D eigenvalue weighted by atomic mass is 19.4. The molecule has 2 aromatic rings. The lowest BCUT2D eigenvalue weighted by Gasteiger charge is -2.14. The van der Waals surface area contributed by atoms with Crippen LogP contribution in [0.4, 0.5) is 18.9 Å². The molecule has 0 aliphatic rings. The first-order chi connectivity index (χ1) is 11.7. The first kappa shape index (κ1) is 18.2. The van der Waals surface area contributed by atoms with Crippen LogP contribution in [0.25, 0.3) is 0 Å². The zero-order valence-corrected chi connectivity index (χ0v) is 12.9. The Bertz CT molecular complexity index is 793. The van der Waals surface area contributed by atoms with E-state index in [9.17, 15) is 28.0 Å². The number of anilines is 1. The number of halogens is 3. The van der Waals surface area contributed by atoms with Gasteiger partial charge in [-0.3, -0.25) is 4.79 Å². The lowest BCUT2D eigenvalue weighted by Crippen LogP contribution is -2.37. The van der Waals surface area contributed by atoms with Crippen molar-refractivity contribution < 1.29 is 32.2 Å². The normalized spacial score (nSPS) is 12.3. The molecule has 0 saturated heterocycles. The fourth-order valence-electron chi connectivity index (χ4n) is 1.88. The lowest BCUT2D eigenvalue weighted by atomic mass is 10.2. The molecular formula is C16H13F3N2O4. The quantitative estimate of drug-likeness (QED) is 0.520.